The lowest BCUT2D eigenvalue weighted by atomic mass is 9.41. The van der Waals surface area contributed by atoms with Crippen molar-refractivity contribution in [2.45, 2.75) is 217 Å². The van der Waals surface area contributed by atoms with Crippen LogP contribution in [0.3, 0.4) is 0 Å². The van der Waals surface area contributed by atoms with E-state index in [1.54, 1.807) is 6.92 Å². The van der Waals surface area contributed by atoms with Crippen molar-refractivity contribution in [3.8, 4) is 0 Å². The Morgan fingerprint density at radius 2 is 1.22 bits per heavy atom. The van der Waals surface area contributed by atoms with Crippen LogP contribution in [-0.2, 0) is 28.4 Å². The number of hydrogen-bond donors (Lipinski definition) is 11. The van der Waals surface area contributed by atoms with Crippen molar-refractivity contribution in [2.75, 3.05) is 19.8 Å². The minimum Gasteiger partial charge on any atom is -0.394 e. The van der Waals surface area contributed by atoms with Gasteiger partial charge in [0.2, 0.25) is 0 Å². The normalized spacial score (nSPS) is 53.9. The van der Waals surface area contributed by atoms with Crippen LogP contribution >= 0.6 is 0 Å². The predicted octanol–water partition coefficient (Wildman–Crippen LogP) is 0.612. The minimum absolute atomic E-state index is 0.0653. The largest absolute Gasteiger partial charge is 0.394 e. The first-order valence-corrected chi connectivity index (χ1v) is 24.4. The Morgan fingerprint density at radius 1 is 0.646 bits per heavy atom. The first-order chi connectivity index (χ1) is 30.5. The SMILES string of the molecule is C/C(=C/C[C@H](O)[C@@H](C)[C@H]1CC[C@@]2(C)[C@@H]3CC[C@@H]4C(C)(C)[C@@H](O[C@@H]5O[C@@H](C)[C@H](O[C@@H]6O[C@H](CO)[C@@H](O)[C@H](O)[C@H]6O)[C@H](O)[C@H]5O)CC[C@@]45C[C@@]35CC[C@]12C)CO[C@@H]1O[C@H](CO)[C@@H](O)[C@H](O)[C@H]1O. The molecule has 8 fully saturated rings. The molecule has 2 spiro atoms. The van der Waals surface area contributed by atoms with Gasteiger partial charge in [0.15, 0.2) is 18.9 Å². The lowest BCUT2D eigenvalue weighted by molar-refractivity contribution is -0.363. The first kappa shape index (κ1) is 50.4. The van der Waals surface area contributed by atoms with E-state index in [-0.39, 0.29) is 45.7 Å². The van der Waals surface area contributed by atoms with E-state index >= 15 is 0 Å². The third kappa shape index (κ3) is 8.03. The molecule has 17 heteroatoms. The topological polar surface area (TPSA) is 278 Å². The number of hydrogen-bond acceptors (Lipinski definition) is 17. The van der Waals surface area contributed by atoms with Crippen molar-refractivity contribution in [1.82, 2.24) is 0 Å². The van der Waals surface area contributed by atoms with Gasteiger partial charge in [0, 0.05) is 0 Å². The molecule has 0 radical (unpaired) electrons. The molecular formula is C48H80O17. The Morgan fingerprint density at radius 3 is 1.86 bits per heavy atom. The van der Waals surface area contributed by atoms with E-state index in [2.05, 4.69) is 34.6 Å². The molecular weight excluding hydrogens is 849 g/mol. The summed E-state index contributed by atoms with van der Waals surface area (Å²) in [6, 6.07) is 0. The third-order valence-electron chi connectivity index (χ3n) is 19.6. The Bertz CT molecular complexity index is 1700. The zero-order valence-corrected chi connectivity index (χ0v) is 39.3. The average Bonchev–Trinajstić information content (AvgIpc) is 3.86. The summed E-state index contributed by atoms with van der Waals surface area (Å²) in [4.78, 5) is 0. The second-order valence-electron chi connectivity index (χ2n) is 22.8. The van der Waals surface area contributed by atoms with E-state index in [1.807, 2.05) is 13.0 Å². The first-order valence-electron chi connectivity index (χ1n) is 24.4. The van der Waals surface area contributed by atoms with Crippen LogP contribution in [0.5, 0.6) is 0 Å². The molecule has 374 valence electrons. The van der Waals surface area contributed by atoms with E-state index in [0.29, 0.717) is 24.2 Å². The summed E-state index contributed by atoms with van der Waals surface area (Å²) in [5.41, 5.74) is 1.23. The van der Waals surface area contributed by atoms with Crippen LogP contribution in [0.1, 0.15) is 113 Å². The van der Waals surface area contributed by atoms with Crippen molar-refractivity contribution < 1.29 is 84.6 Å². The Balaban J connectivity index is 0.875. The summed E-state index contributed by atoms with van der Waals surface area (Å²) in [5, 5.41) is 115. The molecule has 3 aliphatic heterocycles. The number of aliphatic hydroxyl groups excluding tert-OH is 11. The van der Waals surface area contributed by atoms with Crippen LogP contribution in [0.15, 0.2) is 11.6 Å². The maximum absolute atomic E-state index is 11.7. The van der Waals surface area contributed by atoms with Crippen LogP contribution in [0.25, 0.3) is 0 Å². The average molecular weight is 929 g/mol. The van der Waals surface area contributed by atoms with Crippen molar-refractivity contribution >= 4 is 0 Å². The molecule has 0 aromatic carbocycles. The zero-order chi connectivity index (χ0) is 47.3. The van der Waals surface area contributed by atoms with Gasteiger partial charge in [-0.15, -0.1) is 0 Å². The highest BCUT2D eigenvalue weighted by Gasteiger charge is 2.82. The van der Waals surface area contributed by atoms with Gasteiger partial charge in [0.05, 0.1) is 38.1 Å². The second-order valence-corrected chi connectivity index (χ2v) is 22.8. The lowest BCUT2D eigenvalue weighted by Gasteiger charge is -2.63. The number of aliphatic hydroxyl groups is 11. The van der Waals surface area contributed by atoms with Crippen LogP contribution in [0.2, 0.25) is 0 Å². The molecule has 65 heavy (non-hydrogen) atoms. The van der Waals surface area contributed by atoms with Gasteiger partial charge in [-0.05, 0) is 129 Å². The van der Waals surface area contributed by atoms with Crippen molar-refractivity contribution in [3.05, 3.63) is 11.6 Å². The standard InChI is InChI=1S/C48H80O17/c1-22(20-60-41-37(57)34(54)32(52)27(18-49)62-41)8-9-26(51)23(2)25-12-14-46(7)30-11-10-29-44(4,5)31(13-15-47(29)21-48(30,47)17-16-45(25,46)6)64-42-39(59)36(56)40(24(3)61-42)65-43-38(58)35(55)33(53)28(19-50)63-43/h8,23-43,49-59H,9-21H2,1-7H3/b22-8-/t23-,24-,25+,26-,27+,28+,29+,30-,31-,32+,33+,34-,35-,36+,37+,38+,39+,40-,41+,42-,43-,45+,46-,47+,48-/m0/s1. The van der Waals surface area contributed by atoms with Gasteiger partial charge in [-0.2, -0.15) is 0 Å². The van der Waals surface area contributed by atoms with Gasteiger partial charge in [0.25, 0.3) is 0 Å². The summed E-state index contributed by atoms with van der Waals surface area (Å²) >= 11 is 0. The van der Waals surface area contributed by atoms with Gasteiger partial charge in [-0.1, -0.05) is 46.3 Å². The van der Waals surface area contributed by atoms with Gasteiger partial charge < -0.3 is 84.6 Å². The van der Waals surface area contributed by atoms with Gasteiger partial charge in [-0.3, -0.25) is 0 Å². The molecule has 17 nitrogen and oxygen atoms in total. The Kier molecular flexibility index (Phi) is 14.2. The fourth-order valence-electron chi connectivity index (χ4n) is 15.5. The van der Waals surface area contributed by atoms with Crippen molar-refractivity contribution in [1.29, 1.82) is 0 Å². The molecule has 0 amide bonds. The molecule has 8 aliphatic rings. The van der Waals surface area contributed by atoms with E-state index in [1.165, 1.54) is 12.8 Å². The van der Waals surface area contributed by atoms with Crippen LogP contribution in [0, 0.1) is 50.7 Å². The fraction of sp³-hybridized carbons (Fsp3) is 0.958. The molecule has 5 aliphatic carbocycles. The maximum Gasteiger partial charge on any atom is 0.187 e. The maximum atomic E-state index is 11.7. The molecule has 3 saturated heterocycles. The molecule has 0 aromatic heterocycles. The molecule has 5 saturated carbocycles. The fourth-order valence-corrected chi connectivity index (χ4v) is 15.5. The summed E-state index contributed by atoms with van der Waals surface area (Å²) < 4.78 is 35.4. The Hall–Kier alpha value is -0.940. The molecule has 8 rings (SSSR count). The van der Waals surface area contributed by atoms with Crippen molar-refractivity contribution in [3.63, 3.8) is 0 Å². The molecule has 25 atom stereocenters. The number of fused-ring (bicyclic) bond motifs is 2. The smallest absolute Gasteiger partial charge is 0.187 e. The number of ether oxygens (including phenoxy) is 6. The van der Waals surface area contributed by atoms with E-state index in [0.717, 1.165) is 50.5 Å². The predicted molar refractivity (Wildman–Crippen MR) is 230 cm³/mol. The summed E-state index contributed by atoms with van der Waals surface area (Å²) in [7, 11) is 0. The van der Waals surface area contributed by atoms with E-state index in [4.69, 9.17) is 28.4 Å². The number of rotatable bonds is 13. The summed E-state index contributed by atoms with van der Waals surface area (Å²) in [5.74, 6) is 1.40. The van der Waals surface area contributed by atoms with Crippen LogP contribution < -0.4 is 0 Å². The molecule has 0 aromatic rings. The summed E-state index contributed by atoms with van der Waals surface area (Å²) in [6.45, 7) is 14.3. The highest BCUT2D eigenvalue weighted by Crippen LogP contribution is 2.89. The quantitative estimate of drug-likeness (QED) is 0.0892. The van der Waals surface area contributed by atoms with E-state index < -0.39 is 111 Å². The van der Waals surface area contributed by atoms with E-state index in [9.17, 15) is 56.2 Å². The molecule has 0 bridgehead atoms. The van der Waals surface area contributed by atoms with Gasteiger partial charge in [0.1, 0.15) is 67.1 Å². The third-order valence-corrected chi connectivity index (χ3v) is 19.6. The monoisotopic (exact) mass is 929 g/mol. The Labute approximate surface area is 383 Å². The summed E-state index contributed by atoms with van der Waals surface area (Å²) in [6.07, 6.45) is -9.04. The molecule has 3 heterocycles. The van der Waals surface area contributed by atoms with Crippen LogP contribution in [-0.4, -0.2) is 180 Å². The van der Waals surface area contributed by atoms with Gasteiger partial charge in [-0.25, -0.2) is 0 Å². The second kappa shape index (κ2) is 18.3. The molecule has 0 unspecified atom stereocenters. The highest BCUT2D eigenvalue weighted by atomic mass is 16.7. The minimum atomic E-state index is -1.67. The highest BCUT2D eigenvalue weighted by molar-refractivity contribution is 5.31. The zero-order valence-electron chi connectivity index (χ0n) is 39.3. The lowest BCUT2D eigenvalue weighted by Crippen LogP contribution is -2.64. The van der Waals surface area contributed by atoms with Gasteiger partial charge >= 0.3 is 0 Å². The van der Waals surface area contributed by atoms with Crippen molar-refractivity contribution in [2.24, 2.45) is 50.7 Å². The molecule has 11 N–H and O–H groups in total. The van der Waals surface area contributed by atoms with Crippen LogP contribution in [0.4, 0.5) is 0 Å².